The Morgan fingerprint density at radius 1 is 1.24 bits per heavy atom. The second-order valence-electron chi connectivity index (χ2n) is 7.06. The van der Waals surface area contributed by atoms with E-state index >= 15 is 0 Å². The van der Waals surface area contributed by atoms with Gasteiger partial charge in [0.25, 0.3) is 0 Å². The summed E-state index contributed by atoms with van der Waals surface area (Å²) < 4.78 is 5.25. The molecule has 0 rings (SSSR count). The van der Waals surface area contributed by atoms with Crippen LogP contribution < -0.4 is 5.32 Å². The molecule has 0 fully saturated rings. The molecule has 0 aliphatic heterocycles. The maximum atomic E-state index is 12.3. The third-order valence-electron chi connectivity index (χ3n) is 3.86. The highest BCUT2D eigenvalue weighted by Crippen LogP contribution is 2.17. The maximum Gasteiger partial charge on any atom is 0.326 e. The molecule has 1 N–H and O–H groups in total. The molecule has 0 aliphatic carbocycles. The first kappa shape index (κ1) is 20.4. The quantitative estimate of drug-likeness (QED) is 0.630. The molecule has 2 unspecified atom stereocenters. The first-order chi connectivity index (χ1) is 9.62. The fourth-order valence-corrected chi connectivity index (χ4v) is 2.64. The van der Waals surface area contributed by atoms with Crippen LogP contribution >= 0.6 is 0 Å². The number of hydrogen-bond acceptors (Lipinski definition) is 4. The summed E-state index contributed by atoms with van der Waals surface area (Å²) >= 11 is 0. The van der Waals surface area contributed by atoms with E-state index in [1.807, 2.05) is 13.8 Å². The van der Waals surface area contributed by atoms with Crippen molar-refractivity contribution in [2.75, 3.05) is 20.2 Å². The van der Waals surface area contributed by atoms with Gasteiger partial charge in [0.2, 0.25) is 0 Å². The zero-order valence-corrected chi connectivity index (χ0v) is 15.3. The van der Waals surface area contributed by atoms with E-state index < -0.39 is 5.54 Å². The molecule has 0 aromatic heterocycles. The highest BCUT2D eigenvalue weighted by molar-refractivity contribution is 5.80. The summed E-state index contributed by atoms with van der Waals surface area (Å²) in [6.07, 6.45) is 1.92. The van der Waals surface area contributed by atoms with Crippen molar-refractivity contribution in [1.82, 2.24) is 10.2 Å². The van der Waals surface area contributed by atoms with Crippen LogP contribution in [0, 0.1) is 5.92 Å². The van der Waals surface area contributed by atoms with Crippen LogP contribution in [0.15, 0.2) is 0 Å². The van der Waals surface area contributed by atoms with Crippen LogP contribution in [0.3, 0.4) is 0 Å². The lowest BCUT2D eigenvalue weighted by molar-refractivity contribution is -0.151. The van der Waals surface area contributed by atoms with Crippen molar-refractivity contribution in [2.24, 2.45) is 5.92 Å². The predicted molar refractivity (Wildman–Crippen MR) is 89.5 cm³/mol. The minimum Gasteiger partial charge on any atom is -0.465 e. The lowest BCUT2D eigenvalue weighted by Gasteiger charge is -2.34. The molecule has 0 aromatic rings. The van der Waals surface area contributed by atoms with Crippen LogP contribution in [0.4, 0.5) is 0 Å². The summed E-state index contributed by atoms with van der Waals surface area (Å²) in [6.45, 7) is 16.0. The number of hydrogen-bond donors (Lipinski definition) is 1. The summed E-state index contributed by atoms with van der Waals surface area (Å²) in [5.41, 5.74) is -0.615. The van der Waals surface area contributed by atoms with Gasteiger partial charge >= 0.3 is 5.97 Å². The van der Waals surface area contributed by atoms with E-state index in [1.54, 1.807) is 0 Å². The molecule has 4 heteroatoms. The number of carbonyl (C=O) groups excluding carboxylic acids is 1. The van der Waals surface area contributed by atoms with E-state index in [0.29, 0.717) is 18.6 Å². The fourth-order valence-electron chi connectivity index (χ4n) is 2.64. The molecular formula is C17H36N2O2. The Balaban J connectivity index is 4.64. The predicted octanol–water partition coefficient (Wildman–Crippen LogP) is 3.06. The molecule has 0 aliphatic rings. The highest BCUT2D eigenvalue weighted by atomic mass is 16.5. The second kappa shape index (κ2) is 9.42. The van der Waals surface area contributed by atoms with E-state index in [9.17, 15) is 4.79 Å². The second-order valence-corrected chi connectivity index (χ2v) is 7.06. The van der Waals surface area contributed by atoms with Gasteiger partial charge in [-0.15, -0.1) is 0 Å². The number of ether oxygens (including phenoxy) is 1. The largest absolute Gasteiger partial charge is 0.465 e. The monoisotopic (exact) mass is 300 g/mol. The summed E-state index contributed by atoms with van der Waals surface area (Å²) in [7, 11) is 2.13. The number of nitrogens with zero attached hydrogens (tertiary/aromatic N) is 1. The van der Waals surface area contributed by atoms with Crippen molar-refractivity contribution in [2.45, 2.75) is 78.9 Å². The Labute approximate surface area is 131 Å². The van der Waals surface area contributed by atoms with Gasteiger partial charge in [-0.2, -0.15) is 0 Å². The zero-order chi connectivity index (χ0) is 16.6. The van der Waals surface area contributed by atoms with E-state index in [1.165, 1.54) is 6.42 Å². The van der Waals surface area contributed by atoms with Crippen LogP contribution in [0.1, 0.15) is 61.3 Å². The van der Waals surface area contributed by atoms with Crippen molar-refractivity contribution in [3.05, 3.63) is 0 Å². The Bertz CT molecular complexity index is 305. The summed E-state index contributed by atoms with van der Waals surface area (Å²) in [6, 6.07) is 0.772. The van der Waals surface area contributed by atoms with Gasteiger partial charge in [0, 0.05) is 18.6 Å². The van der Waals surface area contributed by atoms with Crippen LogP contribution in [0.2, 0.25) is 0 Å². The van der Waals surface area contributed by atoms with Crippen LogP contribution in [0.25, 0.3) is 0 Å². The van der Waals surface area contributed by atoms with Gasteiger partial charge in [0.05, 0.1) is 6.61 Å². The van der Waals surface area contributed by atoms with Crippen molar-refractivity contribution < 1.29 is 9.53 Å². The maximum absolute atomic E-state index is 12.3. The van der Waals surface area contributed by atoms with Crippen LogP contribution in [0.5, 0.6) is 0 Å². The Morgan fingerprint density at radius 3 is 2.24 bits per heavy atom. The van der Waals surface area contributed by atoms with Crippen LogP contribution in [-0.4, -0.2) is 48.7 Å². The van der Waals surface area contributed by atoms with E-state index in [-0.39, 0.29) is 12.0 Å². The molecule has 0 bridgehead atoms. The van der Waals surface area contributed by atoms with Gasteiger partial charge in [-0.3, -0.25) is 10.1 Å². The highest BCUT2D eigenvalue weighted by Gasteiger charge is 2.35. The molecule has 21 heavy (non-hydrogen) atoms. The van der Waals surface area contributed by atoms with Crippen molar-refractivity contribution in [3.8, 4) is 0 Å². The molecule has 0 radical (unpaired) electrons. The number of esters is 1. The van der Waals surface area contributed by atoms with Crippen LogP contribution in [-0.2, 0) is 9.53 Å². The summed E-state index contributed by atoms with van der Waals surface area (Å²) in [5, 5.41) is 3.37. The molecule has 126 valence electrons. The zero-order valence-electron chi connectivity index (χ0n) is 15.3. The third kappa shape index (κ3) is 7.82. The minimum absolute atomic E-state index is 0.149. The Kier molecular flexibility index (Phi) is 9.14. The Morgan fingerprint density at radius 2 is 1.81 bits per heavy atom. The molecule has 0 saturated carbocycles. The van der Waals surface area contributed by atoms with Gasteiger partial charge in [-0.1, -0.05) is 13.8 Å². The first-order valence-corrected chi connectivity index (χ1v) is 8.27. The SMILES string of the molecule is CCOC(=O)C(C)(CCN(C)C(C)CC(C)C)NC(C)C. The molecule has 0 spiro atoms. The molecule has 0 heterocycles. The molecule has 4 nitrogen and oxygen atoms in total. The number of nitrogens with one attached hydrogen (secondary N) is 1. The van der Waals surface area contributed by atoms with Gasteiger partial charge in [-0.05, 0) is 60.4 Å². The smallest absolute Gasteiger partial charge is 0.326 e. The topological polar surface area (TPSA) is 41.6 Å². The van der Waals surface area contributed by atoms with Gasteiger partial charge < -0.3 is 9.64 Å². The lowest BCUT2D eigenvalue weighted by atomic mass is 9.95. The summed E-state index contributed by atoms with van der Waals surface area (Å²) in [5.74, 6) is 0.538. The van der Waals surface area contributed by atoms with Gasteiger partial charge in [0.1, 0.15) is 5.54 Å². The summed E-state index contributed by atoms with van der Waals surface area (Å²) in [4.78, 5) is 14.6. The standard InChI is InChI=1S/C17H36N2O2/c1-9-21-16(20)17(7,18-14(4)5)10-11-19(8)15(6)12-13(2)3/h13-15,18H,9-12H2,1-8H3. The normalized spacial score (nSPS) is 16.3. The lowest BCUT2D eigenvalue weighted by Crippen LogP contribution is -2.54. The van der Waals surface area contributed by atoms with Gasteiger partial charge in [-0.25, -0.2) is 0 Å². The molecule has 0 amide bonds. The number of carbonyl (C=O) groups is 1. The van der Waals surface area contributed by atoms with E-state index in [4.69, 9.17) is 4.74 Å². The molecule has 0 saturated heterocycles. The number of rotatable bonds is 10. The van der Waals surface area contributed by atoms with E-state index in [0.717, 1.165) is 13.0 Å². The Hall–Kier alpha value is -0.610. The molecular weight excluding hydrogens is 264 g/mol. The van der Waals surface area contributed by atoms with Crippen molar-refractivity contribution in [1.29, 1.82) is 0 Å². The van der Waals surface area contributed by atoms with Gasteiger partial charge in [0.15, 0.2) is 0 Å². The third-order valence-corrected chi connectivity index (χ3v) is 3.86. The van der Waals surface area contributed by atoms with Crippen molar-refractivity contribution in [3.63, 3.8) is 0 Å². The molecule has 0 aromatic carbocycles. The fraction of sp³-hybridized carbons (Fsp3) is 0.941. The van der Waals surface area contributed by atoms with Crippen molar-refractivity contribution >= 4 is 5.97 Å². The minimum atomic E-state index is -0.615. The van der Waals surface area contributed by atoms with E-state index in [2.05, 4.69) is 51.9 Å². The molecule has 2 atom stereocenters. The average molecular weight is 300 g/mol. The average Bonchev–Trinajstić information content (AvgIpc) is 2.34. The first-order valence-electron chi connectivity index (χ1n) is 8.27.